The van der Waals surface area contributed by atoms with Crippen LogP contribution in [0.15, 0.2) is 18.2 Å². The van der Waals surface area contributed by atoms with E-state index in [0.29, 0.717) is 0 Å². The summed E-state index contributed by atoms with van der Waals surface area (Å²) in [6.07, 6.45) is 0. The summed E-state index contributed by atoms with van der Waals surface area (Å²) < 4.78 is 13.5. The van der Waals surface area contributed by atoms with Gasteiger partial charge >= 0.3 is 0 Å². The Balaban J connectivity index is 0.00000225. The fourth-order valence-corrected chi connectivity index (χ4v) is 1.60. The molecule has 0 aliphatic rings. The van der Waals surface area contributed by atoms with E-state index in [4.69, 9.17) is 5.11 Å². The molecule has 0 aromatic heterocycles. The fourth-order valence-electron chi connectivity index (χ4n) is 1.60. The Labute approximate surface area is 100 Å². The summed E-state index contributed by atoms with van der Waals surface area (Å²) in [5.41, 5.74) is 0.283. The third-order valence-electron chi connectivity index (χ3n) is 2.18. The van der Waals surface area contributed by atoms with Crippen molar-refractivity contribution < 1.29 is 14.3 Å². The molecule has 0 amide bonds. The van der Waals surface area contributed by atoms with Gasteiger partial charge in [-0.2, -0.15) is 0 Å². The standard InChI is InChI=1S/C11H14FNO2.ClH/c1-7(14)11(13(2)3)9-5-4-8(15)6-10(9)12;/h4-6,11,15H,1-3H3;1H. The van der Waals surface area contributed by atoms with E-state index in [0.717, 1.165) is 6.07 Å². The second-order valence-electron chi connectivity index (χ2n) is 3.68. The fraction of sp³-hybridized carbons (Fsp3) is 0.364. The van der Waals surface area contributed by atoms with Crippen molar-refractivity contribution in [2.24, 2.45) is 0 Å². The third kappa shape index (κ3) is 3.18. The minimum Gasteiger partial charge on any atom is -0.508 e. The molecule has 1 unspecified atom stereocenters. The zero-order valence-electron chi connectivity index (χ0n) is 9.40. The smallest absolute Gasteiger partial charge is 0.151 e. The van der Waals surface area contributed by atoms with Gasteiger partial charge in [0.05, 0.1) is 6.04 Å². The Morgan fingerprint density at radius 2 is 2.00 bits per heavy atom. The molecule has 0 radical (unpaired) electrons. The number of likely N-dealkylation sites (N-methyl/N-ethyl adjacent to an activating group) is 1. The molecule has 1 aromatic carbocycles. The Kier molecular flexibility index (Phi) is 5.41. The second kappa shape index (κ2) is 5.82. The Morgan fingerprint density at radius 3 is 2.38 bits per heavy atom. The highest BCUT2D eigenvalue weighted by Crippen LogP contribution is 2.24. The number of aromatic hydroxyl groups is 1. The van der Waals surface area contributed by atoms with Crippen molar-refractivity contribution in [2.45, 2.75) is 13.0 Å². The normalized spacial score (nSPS) is 12.1. The molecule has 1 N–H and O–H groups in total. The molecule has 0 aliphatic heterocycles. The van der Waals surface area contributed by atoms with Crippen molar-refractivity contribution >= 4 is 18.2 Å². The molecule has 1 rings (SSSR count). The molecule has 0 saturated carbocycles. The second-order valence-corrected chi connectivity index (χ2v) is 3.68. The largest absolute Gasteiger partial charge is 0.508 e. The maximum atomic E-state index is 13.5. The van der Waals surface area contributed by atoms with Crippen LogP contribution in [0.3, 0.4) is 0 Å². The summed E-state index contributed by atoms with van der Waals surface area (Å²) in [7, 11) is 3.41. The van der Waals surface area contributed by atoms with E-state index in [2.05, 4.69) is 0 Å². The quantitative estimate of drug-likeness (QED) is 0.890. The molecular formula is C11H15ClFNO2. The highest BCUT2D eigenvalue weighted by molar-refractivity contribution is 5.85. The zero-order valence-corrected chi connectivity index (χ0v) is 10.2. The molecule has 0 fully saturated rings. The first-order valence-electron chi connectivity index (χ1n) is 4.58. The van der Waals surface area contributed by atoms with Crippen molar-refractivity contribution in [2.75, 3.05) is 14.1 Å². The van der Waals surface area contributed by atoms with E-state index in [1.54, 1.807) is 19.0 Å². The molecule has 1 aromatic rings. The number of hydrogen-bond acceptors (Lipinski definition) is 3. The molecule has 1 atom stereocenters. The van der Waals surface area contributed by atoms with Crippen molar-refractivity contribution in [3.05, 3.63) is 29.6 Å². The van der Waals surface area contributed by atoms with Gasteiger partial charge in [-0.25, -0.2) is 4.39 Å². The van der Waals surface area contributed by atoms with E-state index >= 15 is 0 Å². The number of phenols is 1. The SMILES string of the molecule is CC(=O)C(c1ccc(O)cc1F)N(C)C.Cl. The van der Waals surface area contributed by atoms with E-state index < -0.39 is 11.9 Å². The van der Waals surface area contributed by atoms with Crippen LogP contribution < -0.4 is 0 Å². The molecule has 90 valence electrons. The van der Waals surface area contributed by atoms with Crippen LogP contribution in [0.5, 0.6) is 5.75 Å². The van der Waals surface area contributed by atoms with Crippen LogP contribution >= 0.6 is 12.4 Å². The summed E-state index contributed by atoms with van der Waals surface area (Å²) in [5.74, 6) is -0.842. The van der Waals surface area contributed by atoms with E-state index in [9.17, 15) is 9.18 Å². The monoisotopic (exact) mass is 247 g/mol. The predicted octanol–water partition coefficient (Wildman–Crippen LogP) is 2.14. The minimum absolute atomic E-state index is 0. The number of benzene rings is 1. The van der Waals surface area contributed by atoms with E-state index in [1.807, 2.05) is 0 Å². The molecule has 0 bridgehead atoms. The number of ketones is 1. The van der Waals surface area contributed by atoms with Crippen LogP contribution in [0.25, 0.3) is 0 Å². The molecule has 0 heterocycles. The zero-order chi connectivity index (χ0) is 11.6. The highest BCUT2D eigenvalue weighted by Gasteiger charge is 2.22. The minimum atomic E-state index is -0.606. The molecular weight excluding hydrogens is 233 g/mol. The summed E-state index contributed by atoms with van der Waals surface area (Å²) in [4.78, 5) is 13.0. The van der Waals surface area contributed by atoms with Crippen LogP contribution in [0.4, 0.5) is 4.39 Å². The Hall–Kier alpha value is -1.13. The summed E-state index contributed by atoms with van der Waals surface area (Å²) in [6, 6.07) is 3.20. The van der Waals surface area contributed by atoms with Gasteiger partial charge in [-0.3, -0.25) is 9.69 Å². The van der Waals surface area contributed by atoms with E-state index in [1.165, 1.54) is 19.1 Å². The van der Waals surface area contributed by atoms with Crippen molar-refractivity contribution in [1.29, 1.82) is 0 Å². The van der Waals surface area contributed by atoms with Gasteiger partial charge in [0.2, 0.25) is 0 Å². The van der Waals surface area contributed by atoms with Gasteiger partial charge in [0, 0.05) is 11.6 Å². The maximum Gasteiger partial charge on any atom is 0.151 e. The molecule has 0 spiro atoms. The number of hydrogen-bond donors (Lipinski definition) is 1. The number of carbonyl (C=O) groups is 1. The highest BCUT2D eigenvalue weighted by atomic mass is 35.5. The average Bonchev–Trinajstić information content (AvgIpc) is 2.08. The van der Waals surface area contributed by atoms with Gasteiger partial charge < -0.3 is 5.11 Å². The van der Waals surface area contributed by atoms with Crippen LogP contribution in [0, 0.1) is 5.82 Å². The van der Waals surface area contributed by atoms with E-state index in [-0.39, 0.29) is 29.5 Å². The van der Waals surface area contributed by atoms with Crippen LogP contribution in [-0.2, 0) is 4.79 Å². The van der Waals surface area contributed by atoms with Gasteiger partial charge in [-0.15, -0.1) is 12.4 Å². The third-order valence-corrected chi connectivity index (χ3v) is 2.18. The van der Waals surface area contributed by atoms with Gasteiger partial charge in [-0.05, 0) is 27.1 Å². The van der Waals surface area contributed by atoms with Crippen molar-refractivity contribution in [3.63, 3.8) is 0 Å². The molecule has 3 nitrogen and oxygen atoms in total. The van der Waals surface area contributed by atoms with Gasteiger partial charge in [0.25, 0.3) is 0 Å². The van der Waals surface area contributed by atoms with Crippen LogP contribution in [0.2, 0.25) is 0 Å². The number of carbonyl (C=O) groups excluding carboxylic acids is 1. The lowest BCUT2D eigenvalue weighted by molar-refractivity contribution is -0.121. The number of Topliss-reactive ketones (excluding diaryl/α,β-unsaturated/α-hetero) is 1. The summed E-state index contributed by atoms with van der Waals surface area (Å²) in [6.45, 7) is 1.41. The lowest BCUT2D eigenvalue weighted by Crippen LogP contribution is -2.26. The van der Waals surface area contributed by atoms with Crippen molar-refractivity contribution in [3.8, 4) is 5.75 Å². The lowest BCUT2D eigenvalue weighted by atomic mass is 10.0. The first-order valence-corrected chi connectivity index (χ1v) is 4.58. The average molecular weight is 248 g/mol. The lowest BCUT2D eigenvalue weighted by Gasteiger charge is -2.22. The Morgan fingerprint density at radius 1 is 1.44 bits per heavy atom. The topological polar surface area (TPSA) is 40.5 Å². The van der Waals surface area contributed by atoms with Gasteiger partial charge in [-0.1, -0.05) is 6.07 Å². The first-order chi connectivity index (χ1) is 6.93. The maximum absolute atomic E-state index is 13.5. The number of phenolic OH excluding ortho intramolecular Hbond substituents is 1. The molecule has 0 aliphatic carbocycles. The number of rotatable bonds is 3. The van der Waals surface area contributed by atoms with Gasteiger partial charge in [0.15, 0.2) is 5.78 Å². The van der Waals surface area contributed by atoms with Gasteiger partial charge in [0.1, 0.15) is 11.6 Å². The van der Waals surface area contributed by atoms with Crippen LogP contribution in [0.1, 0.15) is 18.5 Å². The molecule has 5 heteroatoms. The number of halogens is 2. The van der Waals surface area contributed by atoms with Crippen molar-refractivity contribution in [1.82, 2.24) is 4.90 Å². The first kappa shape index (κ1) is 14.9. The Bertz CT molecular complexity index is 382. The summed E-state index contributed by atoms with van der Waals surface area (Å²) in [5, 5.41) is 9.06. The molecule has 0 saturated heterocycles. The molecule has 16 heavy (non-hydrogen) atoms. The number of nitrogens with zero attached hydrogens (tertiary/aromatic N) is 1. The predicted molar refractivity (Wildman–Crippen MR) is 62.4 cm³/mol. The summed E-state index contributed by atoms with van der Waals surface area (Å²) >= 11 is 0. The van der Waals surface area contributed by atoms with Crippen LogP contribution in [-0.4, -0.2) is 29.9 Å².